The number of nitrogens with one attached hydrogen (secondary N) is 2. The summed E-state index contributed by atoms with van der Waals surface area (Å²) >= 11 is 5.08. The molecule has 0 aliphatic rings. The summed E-state index contributed by atoms with van der Waals surface area (Å²) in [6, 6.07) is 10.6. The minimum atomic E-state index is -2.88. The standard InChI is InChI=1S/C18H15F2N3O3S/c1-23-16(25)13-7-4-11(8-14(13)22-18(23)27)15(24)21-9-10-2-5-12(6-3-10)26-17(19)20/h2-8,17H,9H2,1H3,(H,21,24)(H,22,27). The van der Waals surface area contributed by atoms with Gasteiger partial charge in [0.05, 0.1) is 10.9 Å². The van der Waals surface area contributed by atoms with E-state index in [0.717, 1.165) is 5.56 Å². The van der Waals surface area contributed by atoms with Gasteiger partial charge in [0.15, 0.2) is 4.77 Å². The van der Waals surface area contributed by atoms with Crippen molar-refractivity contribution in [3.05, 3.63) is 68.7 Å². The van der Waals surface area contributed by atoms with Gasteiger partial charge in [-0.15, -0.1) is 0 Å². The highest BCUT2D eigenvalue weighted by Gasteiger charge is 2.10. The fourth-order valence-electron chi connectivity index (χ4n) is 2.52. The number of aromatic nitrogens is 2. The Hall–Kier alpha value is -3.07. The molecule has 27 heavy (non-hydrogen) atoms. The molecule has 0 bridgehead atoms. The normalized spacial score (nSPS) is 11.0. The Morgan fingerprint density at radius 3 is 2.63 bits per heavy atom. The van der Waals surface area contributed by atoms with Crippen molar-refractivity contribution >= 4 is 29.0 Å². The van der Waals surface area contributed by atoms with Gasteiger partial charge in [0.2, 0.25) is 0 Å². The molecular weight excluding hydrogens is 376 g/mol. The van der Waals surface area contributed by atoms with Crippen LogP contribution in [0.4, 0.5) is 8.78 Å². The Morgan fingerprint density at radius 2 is 1.96 bits per heavy atom. The number of H-pyrrole nitrogens is 1. The topological polar surface area (TPSA) is 76.1 Å². The maximum atomic E-state index is 12.4. The molecule has 0 atom stereocenters. The van der Waals surface area contributed by atoms with Gasteiger partial charge in [-0.25, -0.2) is 0 Å². The van der Waals surface area contributed by atoms with Crippen molar-refractivity contribution in [3.63, 3.8) is 0 Å². The lowest BCUT2D eigenvalue weighted by molar-refractivity contribution is -0.0498. The third kappa shape index (κ3) is 4.20. The van der Waals surface area contributed by atoms with Gasteiger partial charge in [0.25, 0.3) is 11.5 Å². The van der Waals surface area contributed by atoms with Gasteiger partial charge in [-0.1, -0.05) is 12.1 Å². The van der Waals surface area contributed by atoms with E-state index in [1.54, 1.807) is 37.4 Å². The fraction of sp³-hybridized carbons (Fsp3) is 0.167. The van der Waals surface area contributed by atoms with Gasteiger partial charge in [-0.05, 0) is 48.1 Å². The second kappa shape index (κ2) is 7.67. The Kier molecular flexibility index (Phi) is 5.31. The molecule has 0 spiro atoms. The van der Waals surface area contributed by atoms with E-state index in [0.29, 0.717) is 16.5 Å². The Labute approximate surface area is 157 Å². The number of nitrogens with zero attached hydrogens (tertiary/aromatic N) is 1. The van der Waals surface area contributed by atoms with Crippen LogP contribution in [0.1, 0.15) is 15.9 Å². The van der Waals surface area contributed by atoms with Crippen molar-refractivity contribution in [2.75, 3.05) is 0 Å². The lowest BCUT2D eigenvalue weighted by atomic mass is 10.1. The van der Waals surface area contributed by atoms with E-state index in [9.17, 15) is 18.4 Å². The maximum Gasteiger partial charge on any atom is 0.387 e. The summed E-state index contributed by atoms with van der Waals surface area (Å²) < 4.78 is 30.1. The summed E-state index contributed by atoms with van der Waals surface area (Å²) in [6.07, 6.45) is 0. The first-order valence-corrected chi connectivity index (χ1v) is 8.31. The Bertz CT molecular complexity index is 1110. The monoisotopic (exact) mass is 391 g/mol. The first-order chi connectivity index (χ1) is 12.8. The third-order valence-electron chi connectivity index (χ3n) is 3.96. The summed E-state index contributed by atoms with van der Waals surface area (Å²) in [5.74, 6) is -0.295. The number of ether oxygens (including phenoxy) is 1. The molecule has 9 heteroatoms. The average Bonchev–Trinajstić information content (AvgIpc) is 2.64. The predicted octanol–water partition coefficient (Wildman–Crippen LogP) is 3.13. The number of halogens is 2. The van der Waals surface area contributed by atoms with Gasteiger partial charge < -0.3 is 15.0 Å². The summed E-state index contributed by atoms with van der Waals surface area (Å²) in [4.78, 5) is 27.4. The zero-order valence-corrected chi connectivity index (χ0v) is 15.0. The number of hydrogen-bond donors (Lipinski definition) is 2. The van der Waals surface area contributed by atoms with Crippen molar-refractivity contribution < 1.29 is 18.3 Å². The molecule has 6 nitrogen and oxygen atoms in total. The molecule has 0 unspecified atom stereocenters. The molecule has 140 valence electrons. The first kappa shape index (κ1) is 18.7. The van der Waals surface area contributed by atoms with Crippen molar-refractivity contribution in [2.24, 2.45) is 7.05 Å². The second-order valence-corrected chi connectivity index (χ2v) is 6.15. The quantitative estimate of drug-likeness (QED) is 0.656. The number of carbonyl (C=O) groups is 1. The number of rotatable bonds is 5. The average molecular weight is 391 g/mol. The molecule has 0 radical (unpaired) electrons. The van der Waals surface area contributed by atoms with Crippen LogP contribution < -0.4 is 15.6 Å². The van der Waals surface area contributed by atoms with Gasteiger partial charge in [0.1, 0.15) is 5.75 Å². The zero-order valence-electron chi connectivity index (χ0n) is 14.2. The molecule has 2 aromatic carbocycles. The molecule has 0 saturated heterocycles. The largest absolute Gasteiger partial charge is 0.435 e. The van der Waals surface area contributed by atoms with Gasteiger partial charge in [-0.3, -0.25) is 14.2 Å². The minimum Gasteiger partial charge on any atom is -0.435 e. The van der Waals surface area contributed by atoms with Crippen LogP contribution >= 0.6 is 12.2 Å². The van der Waals surface area contributed by atoms with Crippen LogP contribution in [0.2, 0.25) is 0 Å². The summed E-state index contributed by atoms with van der Waals surface area (Å²) in [7, 11) is 1.57. The Morgan fingerprint density at radius 1 is 1.26 bits per heavy atom. The van der Waals surface area contributed by atoms with Crippen LogP contribution in [-0.2, 0) is 13.6 Å². The van der Waals surface area contributed by atoms with Crippen LogP contribution in [-0.4, -0.2) is 22.1 Å². The van der Waals surface area contributed by atoms with Gasteiger partial charge in [0, 0.05) is 19.2 Å². The van der Waals surface area contributed by atoms with Crippen molar-refractivity contribution in [1.29, 1.82) is 0 Å². The number of amides is 1. The molecule has 3 aromatic rings. The summed E-state index contributed by atoms with van der Waals surface area (Å²) in [5, 5.41) is 3.16. The highest BCUT2D eigenvalue weighted by atomic mass is 32.1. The fourth-order valence-corrected chi connectivity index (χ4v) is 2.71. The molecule has 0 saturated carbocycles. The number of carbonyl (C=O) groups excluding carboxylic acids is 1. The maximum absolute atomic E-state index is 12.4. The van der Waals surface area contributed by atoms with E-state index in [1.807, 2.05) is 0 Å². The van der Waals surface area contributed by atoms with E-state index in [1.165, 1.54) is 16.7 Å². The van der Waals surface area contributed by atoms with E-state index in [-0.39, 0.29) is 28.5 Å². The van der Waals surface area contributed by atoms with Gasteiger partial charge >= 0.3 is 6.61 Å². The van der Waals surface area contributed by atoms with Crippen molar-refractivity contribution in [2.45, 2.75) is 13.2 Å². The summed E-state index contributed by atoms with van der Waals surface area (Å²) in [6.45, 7) is -2.68. The van der Waals surface area contributed by atoms with Crippen LogP contribution in [0.25, 0.3) is 10.9 Å². The molecule has 0 aliphatic carbocycles. The minimum absolute atomic E-state index is 0.0476. The number of benzene rings is 2. The van der Waals surface area contributed by atoms with Crippen LogP contribution in [0.3, 0.4) is 0 Å². The Balaban J connectivity index is 1.73. The van der Waals surface area contributed by atoms with E-state index >= 15 is 0 Å². The van der Waals surface area contributed by atoms with Crippen molar-refractivity contribution in [1.82, 2.24) is 14.9 Å². The zero-order chi connectivity index (χ0) is 19.6. The van der Waals surface area contributed by atoms with Gasteiger partial charge in [-0.2, -0.15) is 8.78 Å². The predicted molar refractivity (Wildman–Crippen MR) is 98.6 cm³/mol. The van der Waals surface area contributed by atoms with Crippen molar-refractivity contribution in [3.8, 4) is 5.75 Å². The molecule has 1 aromatic heterocycles. The SMILES string of the molecule is Cn1c(=S)[nH]c2cc(C(=O)NCc3ccc(OC(F)F)cc3)ccc2c1=O. The second-order valence-electron chi connectivity index (χ2n) is 5.76. The van der Waals surface area contributed by atoms with Crippen LogP contribution in [0.15, 0.2) is 47.3 Å². The third-order valence-corrected chi connectivity index (χ3v) is 4.34. The first-order valence-electron chi connectivity index (χ1n) is 7.90. The molecule has 3 rings (SSSR count). The highest BCUT2D eigenvalue weighted by molar-refractivity contribution is 7.71. The molecule has 2 N–H and O–H groups in total. The molecule has 1 amide bonds. The molecule has 0 aliphatic heterocycles. The van der Waals surface area contributed by atoms with E-state index in [2.05, 4.69) is 15.0 Å². The molecular formula is C18H15F2N3O3S. The number of alkyl halides is 2. The van der Waals surface area contributed by atoms with Crippen LogP contribution in [0, 0.1) is 4.77 Å². The van der Waals surface area contributed by atoms with Crippen LogP contribution in [0.5, 0.6) is 5.75 Å². The highest BCUT2D eigenvalue weighted by Crippen LogP contribution is 2.15. The number of hydrogen-bond acceptors (Lipinski definition) is 4. The molecule has 1 heterocycles. The van der Waals surface area contributed by atoms with E-state index < -0.39 is 6.61 Å². The number of fused-ring (bicyclic) bond motifs is 1. The lowest BCUT2D eigenvalue weighted by Crippen LogP contribution is -2.23. The van der Waals surface area contributed by atoms with E-state index in [4.69, 9.17) is 12.2 Å². The smallest absolute Gasteiger partial charge is 0.387 e. The number of aromatic amines is 1. The lowest BCUT2D eigenvalue weighted by Gasteiger charge is -2.08. The summed E-state index contributed by atoms with van der Waals surface area (Å²) in [5.41, 5.74) is 1.31. The molecule has 0 fully saturated rings.